The van der Waals surface area contributed by atoms with Crippen LogP contribution in [0, 0.1) is 0 Å². The third-order valence-electron chi connectivity index (χ3n) is 3.45. The molecule has 0 radical (unpaired) electrons. The lowest BCUT2D eigenvalue weighted by Gasteiger charge is -2.15. The number of carboxylic acid groups (broad SMARTS) is 1. The molecule has 118 valence electrons. The molecule has 23 heavy (non-hydrogen) atoms. The fourth-order valence-electron chi connectivity index (χ4n) is 2.42. The van der Waals surface area contributed by atoms with Crippen molar-refractivity contribution in [1.82, 2.24) is 4.90 Å². The van der Waals surface area contributed by atoms with Crippen molar-refractivity contribution in [2.45, 2.75) is 20.4 Å². The number of hydrogen-bond donors (Lipinski definition) is 1. The van der Waals surface area contributed by atoms with Crippen LogP contribution in [-0.2, 0) is 6.54 Å². The number of imide groups is 1. The first-order chi connectivity index (χ1) is 11.1. The molecule has 1 heterocycles. The van der Waals surface area contributed by atoms with Crippen LogP contribution in [0.4, 0.5) is 0 Å². The number of amides is 2. The number of aromatic carboxylic acids is 1. The molecule has 0 aromatic heterocycles. The monoisotopic (exact) mass is 311 g/mol. The van der Waals surface area contributed by atoms with Crippen molar-refractivity contribution >= 4 is 17.8 Å². The average Bonchev–Trinajstić information content (AvgIpc) is 2.82. The van der Waals surface area contributed by atoms with E-state index in [0.717, 1.165) is 4.90 Å². The predicted molar refractivity (Wildman–Crippen MR) is 85.4 cm³/mol. The van der Waals surface area contributed by atoms with E-state index in [1.54, 1.807) is 42.5 Å². The van der Waals surface area contributed by atoms with Gasteiger partial charge >= 0.3 is 5.97 Å². The molecule has 0 fully saturated rings. The summed E-state index contributed by atoms with van der Waals surface area (Å²) in [5, 5.41) is 9.16. The number of carbonyl (C=O) groups excluding carboxylic acids is 2. The highest BCUT2D eigenvalue weighted by Gasteiger charge is 2.35. The Labute approximate surface area is 134 Å². The van der Waals surface area contributed by atoms with Crippen LogP contribution in [0.1, 0.15) is 50.5 Å². The van der Waals surface area contributed by atoms with Crippen molar-refractivity contribution in [1.29, 1.82) is 0 Å². The highest BCUT2D eigenvalue weighted by molar-refractivity contribution is 6.21. The van der Waals surface area contributed by atoms with Crippen molar-refractivity contribution in [3.63, 3.8) is 0 Å². The number of fused-ring (bicyclic) bond motifs is 1. The molecular weight excluding hydrogens is 294 g/mol. The second kappa shape index (κ2) is 6.87. The fraction of sp³-hybridized carbons (Fsp3) is 0.167. The zero-order valence-corrected chi connectivity index (χ0v) is 12.9. The van der Waals surface area contributed by atoms with Crippen LogP contribution in [0.15, 0.2) is 48.5 Å². The Bertz CT molecular complexity index is 732. The maximum absolute atomic E-state index is 12.3. The summed E-state index contributed by atoms with van der Waals surface area (Å²) in [5.74, 6) is -1.87. The largest absolute Gasteiger partial charge is 0.478 e. The van der Waals surface area contributed by atoms with Gasteiger partial charge in [-0.2, -0.15) is 0 Å². The van der Waals surface area contributed by atoms with E-state index in [4.69, 9.17) is 5.11 Å². The Morgan fingerprint density at radius 1 is 0.913 bits per heavy atom. The van der Waals surface area contributed by atoms with Gasteiger partial charge in [0.15, 0.2) is 0 Å². The Morgan fingerprint density at radius 3 is 1.91 bits per heavy atom. The highest BCUT2D eigenvalue weighted by Crippen LogP contribution is 2.25. The van der Waals surface area contributed by atoms with Gasteiger partial charge in [0.25, 0.3) is 11.8 Å². The van der Waals surface area contributed by atoms with E-state index >= 15 is 0 Å². The lowest BCUT2D eigenvalue weighted by molar-refractivity contribution is 0.0627. The van der Waals surface area contributed by atoms with Crippen LogP contribution < -0.4 is 0 Å². The molecule has 3 rings (SSSR count). The molecule has 2 aromatic carbocycles. The Morgan fingerprint density at radius 2 is 1.39 bits per heavy atom. The van der Waals surface area contributed by atoms with Gasteiger partial charge < -0.3 is 5.11 Å². The highest BCUT2D eigenvalue weighted by atomic mass is 16.4. The third-order valence-corrected chi connectivity index (χ3v) is 3.45. The topological polar surface area (TPSA) is 74.7 Å². The summed E-state index contributed by atoms with van der Waals surface area (Å²) in [6.07, 6.45) is 0. The van der Waals surface area contributed by atoms with Crippen molar-refractivity contribution in [2.24, 2.45) is 0 Å². The maximum Gasteiger partial charge on any atom is 0.336 e. The van der Waals surface area contributed by atoms with E-state index in [0.29, 0.717) is 16.7 Å². The number of carboxylic acids is 1. The molecule has 0 bridgehead atoms. The molecule has 2 amide bonds. The van der Waals surface area contributed by atoms with Crippen LogP contribution in [0.2, 0.25) is 0 Å². The number of nitrogens with zero attached hydrogens (tertiary/aromatic N) is 1. The minimum atomic E-state index is -1.08. The Hall–Kier alpha value is -2.95. The van der Waals surface area contributed by atoms with Gasteiger partial charge in [0.05, 0.1) is 23.2 Å². The molecule has 0 aliphatic carbocycles. The third kappa shape index (κ3) is 2.99. The first-order valence-electron chi connectivity index (χ1n) is 7.36. The van der Waals surface area contributed by atoms with E-state index in [2.05, 4.69) is 0 Å². The predicted octanol–water partition coefficient (Wildman–Crippen LogP) is 3.21. The van der Waals surface area contributed by atoms with Gasteiger partial charge in [0, 0.05) is 0 Å². The van der Waals surface area contributed by atoms with Crippen molar-refractivity contribution in [3.8, 4) is 0 Å². The van der Waals surface area contributed by atoms with Gasteiger partial charge in [0.2, 0.25) is 0 Å². The van der Waals surface area contributed by atoms with Gasteiger partial charge in [-0.15, -0.1) is 0 Å². The van der Waals surface area contributed by atoms with E-state index < -0.39 is 17.8 Å². The summed E-state index contributed by atoms with van der Waals surface area (Å²) in [5.41, 5.74) is 1.24. The summed E-state index contributed by atoms with van der Waals surface area (Å²) >= 11 is 0. The Balaban J connectivity index is 0.000000924. The number of hydrogen-bond acceptors (Lipinski definition) is 3. The van der Waals surface area contributed by atoms with Crippen LogP contribution in [0.25, 0.3) is 0 Å². The molecule has 0 spiro atoms. The van der Waals surface area contributed by atoms with Gasteiger partial charge in [-0.3, -0.25) is 14.5 Å². The number of carbonyl (C=O) groups is 3. The van der Waals surface area contributed by atoms with Crippen LogP contribution in [-0.4, -0.2) is 27.8 Å². The normalized spacial score (nSPS) is 12.5. The molecule has 5 nitrogen and oxygen atoms in total. The molecule has 1 aliphatic heterocycles. The maximum atomic E-state index is 12.3. The number of benzene rings is 2. The zero-order chi connectivity index (χ0) is 17.0. The SMILES string of the molecule is CC.O=C(O)c1ccccc1CN1C(=O)c2ccccc2C1=O. The quantitative estimate of drug-likeness (QED) is 0.883. The standard InChI is InChI=1S/C16H11NO4.C2H6/c18-14-12-7-3-4-8-13(12)15(19)17(14)9-10-5-1-2-6-11(10)16(20)21;1-2/h1-8H,9H2,(H,20,21);1-2H3. The van der Waals surface area contributed by atoms with E-state index in [1.165, 1.54) is 6.07 Å². The summed E-state index contributed by atoms with van der Waals surface area (Å²) in [6.45, 7) is 3.95. The molecule has 0 atom stereocenters. The fourth-order valence-corrected chi connectivity index (χ4v) is 2.42. The lowest BCUT2D eigenvalue weighted by Crippen LogP contribution is -2.29. The first-order valence-corrected chi connectivity index (χ1v) is 7.36. The summed E-state index contributed by atoms with van der Waals surface area (Å²) in [6, 6.07) is 12.9. The number of rotatable bonds is 3. The van der Waals surface area contributed by atoms with Gasteiger partial charge in [-0.25, -0.2) is 4.79 Å². The molecule has 1 aliphatic rings. The summed E-state index contributed by atoms with van der Waals surface area (Å²) < 4.78 is 0. The van der Waals surface area contributed by atoms with Gasteiger partial charge in [-0.05, 0) is 23.8 Å². The molecule has 0 saturated heterocycles. The first kappa shape index (κ1) is 16.4. The molecule has 0 unspecified atom stereocenters. The summed E-state index contributed by atoms with van der Waals surface area (Å²) in [7, 11) is 0. The minimum absolute atomic E-state index is 0.0468. The van der Waals surface area contributed by atoms with Crippen LogP contribution in [0.5, 0.6) is 0 Å². The minimum Gasteiger partial charge on any atom is -0.478 e. The molecule has 0 saturated carbocycles. The van der Waals surface area contributed by atoms with Gasteiger partial charge in [-0.1, -0.05) is 44.2 Å². The molecule has 2 aromatic rings. The van der Waals surface area contributed by atoms with Gasteiger partial charge in [0.1, 0.15) is 0 Å². The second-order valence-corrected chi connectivity index (χ2v) is 4.70. The molecular formula is C18H17NO4. The second-order valence-electron chi connectivity index (χ2n) is 4.70. The van der Waals surface area contributed by atoms with Crippen molar-refractivity contribution in [3.05, 3.63) is 70.8 Å². The van der Waals surface area contributed by atoms with E-state index in [1.807, 2.05) is 13.8 Å². The smallest absolute Gasteiger partial charge is 0.336 e. The van der Waals surface area contributed by atoms with Crippen LogP contribution in [0.3, 0.4) is 0 Å². The summed E-state index contributed by atoms with van der Waals surface area (Å²) in [4.78, 5) is 36.8. The van der Waals surface area contributed by atoms with Crippen molar-refractivity contribution < 1.29 is 19.5 Å². The lowest BCUT2D eigenvalue weighted by atomic mass is 10.1. The Kier molecular flexibility index (Phi) is 4.91. The van der Waals surface area contributed by atoms with E-state index in [-0.39, 0.29) is 12.1 Å². The van der Waals surface area contributed by atoms with Crippen molar-refractivity contribution in [2.75, 3.05) is 0 Å². The average molecular weight is 311 g/mol. The molecule has 1 N–H and O–H groups in total. The zero-order valence-electron chi connectivity index (χ0n) is 12.9. The molecule has 5 heteroatoms. The van der Waals surface area contributed by atoms with Crippen LogP contribution >= 0.6 is 0 Å². The van der Waals surface area contributed by atoms with E-state index in [9.17, 15) is 14.4 Å².